The number of rotatable bonds is 17. The summed E-state index contributed by atoms with van der Waals surface area (Å²) in [4.78, 5) is 61.0. The van der Waals surface area contributed by atoms with E-state index < -0.39 is 66.0 Å². The summed E-state index contributed by atoms with van der Waals surface area (Å²) in [6.07, 6.45) is -7.50. The summed E-state index contributed by atoms with van der Waals surface area (Å²) < 4.78 is 23.5. The van der Waals surface area contributed by atoms with Crippen molar-refractivity contribution in [3.8, 4) is 22.6 Å². The zero-order valence-corrected chi connectivity index (χ0v) is 35.3. The lowest BCUT2D eigenvalue weighted by Gasteiger charge is -2.51. The Balaban J connectivity index is 1.30. The van der Waals surface area contributed by atoms with Gasteiger partial charge in [0.25, 0.3) is 0 Å². The molecule has 9 atom stereocenters. The number of ether oxygens (including phenoxy) is 3. The molecule has 64 heavy (non-hydrogen) atoms. The molecule has 0 amide bonds. The molecular weight excluding hydrogens is 835 g/mol. The number of hydrogen-bond donors (Lipinski definition) is 8. The lowest BCUT2D eigenvalue weighted by atomic mass is 9.76. The number of fused-ring (bicyclic) bond motifs is 2. The van der Waals surface area contributed by atoms with Crippen molar-refractivity contribution in [3.05, 3.63) is 111 Å². The standard InChI is InChI=1S/C46H49N3O15/c1-23(2)16-34(52)46(59)40(54)39(44(58)63-43(57)36(42(55)56)47-13-5-15-50)62-45(41(46)64-49-21-27-12-14-48-35(27)37(49)28-18-24(3)17-25(4)19-28)61-30-10-11-31-33(20-30)60-22-32(38(31)53)26-6-8-29(51)9-7-26/h6-12,14-15,17-20,22-23,34,36,39-41,44-45,47,51-52,54,58-59H,5,13,16,21H2,1-4H3,(H,55,56)/p+1/t34-,36+,39+,40-,41+,44-,45-,46+/m0/s1. The van der Waals surface area contributed by atoms with Crippen LogP contribution in [0.1, 0.15) is 43.4 Å². The fourth-order valence-corrected chi connectivity index (χ4v) is 8.20. The molecule has 8 N–H and O–H groups in total. The molecule has 1 unspecified atom stereocenters. The molecule has 3 aromatic carbocycles. The smallest absolute Gasteiger partial charge is 0.337 e. The molecule has 7 rings (SSSR count). The number of phenolic OH excluding ortho intramolecular Hbond substituents is 1. The summed E-state index contributed by atoms with van der Waals surface area (Å²) in [6, 6.07) is 14.0. The molecular formula is C46H50N3O15+. The Kier molecular flexibility index (Phi) is 13.6. The van der Waals surface area contributed by atoms with Crippen LogP contribution in [0, 0.1) is 19.8 Å². The van der Waals surface area contributed by atoms with E-state index in [-0.39, 0.29) is 64.9 Å². The van der Waals surface area contributed by atoms with Crippen molar-refractivity contribution < 1.29 is 73.6 Å². The van der Waals surface area contributed by atoms with Crippen LogP contribution in [0.25, 0.3) is 27.8 Å². The van der Waals surface area contributed by atoms with Gasteiger partial charge < -0.3 is 54.1 Å². The highest BCUT2D eigenvalue weighted by Crippen LogP contribution is 2.40. The average Bonchev–Trinajstić information content (AvgIpc) is 3.83. The minimum absolute atomic E-state index is 0.0115. The van der Waals surface area contributed by atoms with E-state index in [9.17, 15) is 49.8 Å². The number of hydroxylamine groups is 2. The van der Waals surface area contributed by atoms with Gasteiger partial charge in [0.1, 0.15) is 48.0 Å². The van der Waals surface area contributed by atoms with Crippen LogP contribution >= 0.6 is 0 Å². The molecule has 1 aromatic heterocycles. The SMILES string of the molecule is Cc1cc(C)cc(C2=C3N=CC=C3C[NH+]2O[C@@H]2[C@@H](Oc3ccc4c(=O)c(-c5ccc(O)cc5)coc4c3)O[C@@H]([C@@H](O)OC(=O)[C@H](NCCC=O)C(=O)O)[C@H](O)[C@]2(O)[C@@H](O)CC(C)C)c1. The van der Waals surface area contributed by atoms with Gasteiger partial charge in [-0.15, -0.1) is 0 Å². The molecule has 0 aliphatic carbocycles. The van der Waals surface area contributed by atoms with Crippen molar-refractivity contribution in [2.45, 2.75) is 89.2 Å². The van der Waals surface area contributed by atoms with Gasteiger partial charge in [0.15, 0.2) is 22.8 Å². The van der Waals surface area contributed by atoms with Crippen LogP contribution in [0.2, 0.25) is 0 Å². The Morgan fingerprint density at radius 2 is 1.77 bits per heavy atom. The van der Waals surface area contributed by atoms with Crippen LogP contribution in [-0.4, -0.2) is 117 Å². The zero-order valence-electron chi connectivity index (χ0n) is 35.3. The number of aromatic hydroxyl groups is 1. The number of carbonyl (C=O) groups excluding carboxylic acids is 2. The topological polar surface area (TPSA) is 269 Å². The van der Waals surface area contributed by atoms with Crippen LogP contribution in [0.5, 0.6) is 11.5 Å². The fraction of sp³-hybridized carbons (Fsp3) is 0.370. The lowest BCUT2D eigenvalue weighted by molar-refractivity contribution is -1.04. The number of benzene rings is 3. The highest BCUT2D eigenvalue weighted by molar-refractivity contribution is 5.98. The van der Waals surface area contributed by atoms with Crippen LogP contribution < -0.4 is 20.5 Å². The zero-order chi connectivity index (χ0) is 46.0. The second-order valence-electron chi connectivity index (χ2n) is 16.5. The monoisotopic (exact) mass is 884 g/mol. The predicted molar refractivity (Wildman–Crippen MR) is 228 cm³/mol. The number of hydrogen-bond acceptors (Lipinski definition) is 16. The Bertz CT molecular complexity index is 2550. The first-order valence-corrected chi connectivity index (χ1v) is 20.6. The summed E-state index contributed by atoms with van der Waals surface area (Å²) in [5.74, 6) is -3.53. The van der Waals surface area contributed by atoms with Gasteiger partial charge in [0.2, 0.25) is 24.7 Å². The molecule has 0 spiro atoms. The molecule has 0 saturated carbocycles. The number of nitrogens with zero attached hydrogens (tertiary/aromatic N) is 1. The van der Waals surface area contributed by atoms with E-state index in [0.29, 0.717) is 23.2 Å². The number of carboxylic acids is 1. The van der Waals surface area contributed by atoms with Crippen molar-refractivity contribution in [2.24, 2.45) is 10.9 Å². The summed E-state index contributed by atoms with van der Waals surface area (Å²) >= 11 is 0. The van der Waals surface area contributed by atoms with E-state index in [1.54, 1.807) is 32.2 Å². The van der Waals surface area contributed by atoms with Crippen molar-refractivity contribution in [1.82, 2.24) is 5.32 Å². The molecule has 3 aliphatic heterocycles. The molecule has 3 aliphatic rings. The number of esters is 1. The quantitative estimate of drug-likeness (QED) is 0.0245. The number of nitrogens with one attached hydrogen (secondary N) is 2. The predicted octanol–water partition coefficient (Wildman–Crippen LogP) is 1.46. The van der Waals surface area contributed by atoms with Crippen molar-refractivity contribution in [3.63, 3.8) is 0 Å². The second-order valence-corrected chi connectivity index (χ2v) is 16.5. The Morgan fingerprint density at radius 3 is 2.44 bits per heavy atom. The van der Waals surface area contributed by atoms with E-state index >= 15 is 0 Å². The summed E-state index contributed by atoms with van der Waals surface area (Å²) in [5.41, 5.74) is 2.15. The van der Waals surface area contributed by atoms with Gasteiger partial charge >= 0.3 is 11.9 Å². The van der Waals surface area contributed by atoms with Gasteiger partial charge in [0, 0.05) is 36.4 Å². The molecule has 1 saturated heterocycles. The Labute approximate surface area is 366 Å². The number of carboxylic acid groups (broad SMARTS) is 1. The van der Waals surface area contributed by atoms with Gasteiger partial charge in [-0.1, -0.05) is 43.2 Å². The maximum atomic E-state index is 13.6. The third-order valence-electron chi connectivity index (χ3n) is 11.2. The van der Waals surface area contributed by atoms with E-state index in [2.05, 4.69) is 10.3 Å². The summed E-state index contributed by atoms with van der Waals surface area (Å²) in [6.45, 7) is 7.32. The molecule has 1 fully saturated rings. The fourth-order valence-electron chi connectivity index (χ4n) is 8.20. The van der Waals surface area contributed by atoms with Gasteiger partial charge in [-0.05, 0) is 74.2 Å². The first-order valence-electron chi connectivity index (χ1n) is 20.6. The number of aliphatic hydroxyl groups is 4. The highest BCUT2D eigenvalue weighted by Gasteiger charge is 2.65. The van der Waals surface area contributed by atoms with Gasteiger partial charge in [-0.25, -0.2) is 14.6 Å². The summed E-state index contributed by atoms with van der Waals surface area (Å²) in [5, 5.41) is 70.7. The van der Waals surface area contributed by atoms with Crippen molar-refractivity contribution in [2.75, 3.05) is 13.1 Å². The highest BCUT2D eigenvalue weighted by atomic mass is 16.8. The first-order chi connectivity index (χ1) is 30.5. The first kappa shape index (κ1) is 45.9. The molecule has 4 aromatic rings. The Morgan fingerprint density at radius 1 is 1.05 bits per heavy atom. The number of aliphatic hydroxyl groups excluding tert-OH is 3. The number of quaternary nitrogens is 1. The number of aliphatic carboxylic acids is 1. The van der Waals surface area contributed by atoms with Crippen LogP contribution in [0.15, 0.2) is 98.5 Å². The lowest BCUT2D eigenvalue weighted by Crippen LogP contribution is -3.09. The molecule has 338 valence electrons. The van der Waals surface area contributed by atoms with Gasteiger partial charge in [-0.3, -0.25) is 10.1 Å². The third-order valence-corrected chi connectivity index (χ3v) is 11.2. The van der Waals surface area contributed by atoms with E-state index in [1.807, 2.05) is 38.1 Å². The summed E-state index contributed by atoms with van der Waals surface area (Å²) in [7, 11) is 0. The van der Waals surface area contributed by atoms with Crippen LogP contribution in [0.4, 0.5) is 0 Å². The largest absolute Gasteiger partial charge is 0.508 e. The third kappa shape index (κ3) is 9.26. The number of aliphatic imine (C=N–C) groups is 1. The van der Waals surface area contributed by atoms with E-state index in [4.69, 9.17) is 23.5 Å². The second kappa shape index (κ2) is 18.9. The number of phenols is 1. The minimum atomic E-state index is -2.79. The van der Waals surface area contributed by atoms with Gasteiger partial charge in [0.05, 0.1) is 17.1 Å². The van der Waals surface area contributed by atoms with Crippen LogP contribution in [-0.2, 0) is 28.7 Å². The number of aryl methyl sites for hydroxylation is 2. The maximum absolute atomic E-state index is 13.6. The van der Waals surface area contributed by atoms with Crippen molar-refractivity contribution in [1.29, 1.82) is 0 Å². The van der Waals surface area contributed by atoms with Crippen molar-refractivity contribution >= 4 is 41.1 Å². The average molecular weight is 885 g/mol. The number of aldehydes is 1. The number of allylic oxidation sites excluding steroid dienone is 1. The molecule has 18 heteroatoms. The van der Waals surface area contributed by atoms with E-state index in [0.717, 1.165) is 22.3 Å². The van der Waals surface area contributed by atoms with Gasteiger partial charge in [-0.2, -0.15) is 9.90 Å². The molecule has 18 nitrogen and oxygen atoms in total. The van der Waals surface area contributed by atoms with Crippen LogP contribution in [0.3, 0.4) is 0 Å². The number of carbonyl (C=O) groups is 3. The molecule has 0 bridgehead atoms. The Hall–Kier alpha value is -6.09. The molecule has 0 radical (unpaired) electrons. The minimum Gasteiger partial charge on any atom is -0.508 e. The normalized spacial score (nSPS) is 24.3. The molecule has 4 heterocycles. The van der Waals surface area contributed by atoms with E-state index in [1.165, 1.54) is 36.6 Å². The maximum Gasteiger partial charge on any atom is 0.337 e.